The van der Waals surface area contributed by atoms with Gasteiger partial charge in [0, 0.05) is 8.95 Å². The van der Waals surface area contributed by atoms with Crippen LogP contribution in [0, 0.1) is 0 Å². The Morgan fingerprint density at radius 1 is 1.32 bits per heavy atom. The molecule has 0 aliphatic heterocycles. The van der Waals surface area contributed by atoms with Gasteiger partial charge >= 0.3 is 5.97 Å². The number of halogens is 2. The first-order valence-corrected chi connectivity index (χ1v) is 6.77. The second-order valence-electron chi connectivity index (χ2n) is 3.71. The van der Waals surface area contributed by atoms with Crippen LogP contribution in [0.4, 0.5) is 17.2 Å². The lowest BCUT2D eigenvalue weighted by molar-refractivity contribution is 0.0698. The van der Waals surface area contributed by atoms with Gasteiger partial charge in [0.15, 0.2) is 0 Å². The van der Waals surface area contributed by atoms with E-state index in [0.29, 0.717) is 5.82 Å². The molecule has 1 aromatic carbocycles. The Labute approximate surface area is 126 Å². The summed E-state index contributed by atoms with van der Waals surface area (Å²) in [5.41, 5.74) is 6.46. The van der Waals surface area contributed by atoms with Gasteiger partial charge in [0.2, 0.25) is 0 Å². The average Bonchev–Trinajstić information content (AvgIpc) is 2.36. The minimum Gasteiger partial charge on any atom is -0.478 e. The molecule has 0 aliphatic rings. The van der Waals surface area contributed by atoms with Gasteiger partial charge in [-0.05, 0) is 40.2 Å². The van der Waals surface area contributed by atoms with Crippen LogP contribution in [0.2, 0.25) is 0 Å². The van der Waals surface area contributed by atoms with Gasteiger partial charge in [-0.15, -0.1) is 0 Å². The van der Waals surface area contributed by atoms with Crippen molar-refractivity contribution < 1.29 is 9.90 Å². The number of hydrogen-bond donors (Lipinski definition) is 3. The van der Waals surface area contributed by atoms with Crippen LogP contribution in [-0.2, 0) is 0 Å². The van der Waals surface area contributed by atoms with Crippen LogP contribution >= 0.6 is 31.9 Å². The predicted octanol–water partition coefficient (Wildman–Crippen LogP) is 3.63. The largest absolute Gasteiger partial charge is 0.478 e. The van der Waals surface area contributed by atoms with Gasteiger partial charge < -0.3 is 16.2 Å². The van der Waals surface area contributed by atoms with Crippen LogP contribution in [0.25, 0.3) is 0 Å². The molecule has 1 aromatic heterocycles. The third-order valence-electron chi connectivity index (χ3n) is 2.36. The summed E-state index contributed by atoms with van der Waals surface area (Å²) in [6.07, 6.45) is 1.32. The van der Waals surface area contributed by atoms with E-state index in [-0.39, 0.29) is 11.3 Å². The summed E-state index contributed by atoms with van der Waals surface area (Å²) in [6.45, 7) is 0. The summed E-state index contributed by atoms with van der Waals surface area (Å²) in [4.78, 5) is 15.0. The Balaban J connectivity index is 2.36. The van der Waals surface area contributed by atoms with E-state index in [2.05, 4.69) is 42.2 Å². The Kier molecular flexibility index (Phi) is 4.06. The normalized spacial score (nSPS) is 10.2. The van der Waals surface area contributed by atoms with Crippen molar-refractivity contribution >= 4 is 55.0 Å². The van der Waals surface area contributed by atoms with E-state index in [1.807, 2.05) is 18.2 Å². The molecule has 2 rings (SSSR count). The number of anilines is 3. The summed E-state index contributed by atoms with van der Waals surface area (Å²) in [5.74, 6) is -0.679. The molecule has 0 saturated heterocycles. The number of nitrogen functional groups attached to an aromatic ring is 1. The number of carboxylic acids is 1. The van der Waals surface area contributed by atoms with E-state index >= 15 is 0 Å². The van der Waals surface area contributed by atoms with Crippen LogP contribution in [0.3, 0.4) is 0 Å². The van der Waals surface area contributed by atoms with E-state index in [1.165, 1.54) is 12.3 Å². The molecule has 0 amide bonds. The molecular formula is C12H9Br2N3O2. The van der Waals surface area contributed by atoms with Gasteiger partial charge in [-0.1, -0.05) is 15.9 Å². The summed E-state index contributed by atoms with van der Waals surface area (Å²) in [5, 5.41) is 12.0. The highest BCUT2D eigenvalue weighted by Crippen LogP contribution is 2.29. The van der Waals surface area contributed by atoms with E-state index in [1.54, 1.807) is 0 Å². The fourth-order valence-corrected chi connectivity index (χ4v) is 2.16. The van der Waals surface area contributed by atoms with Crippen molar-refractivity contribution in [1.82, 2.24) is 4.98 Å². The fraction of sp³-hybridized carbons (Fsp3) is 0. The second-order valence-corrected chi connectivity index (χ2v) is 5.48. The Hall–Kier alpha value is -1.60. The molecule has 0 aliphatic carbocycles. The van der Waals surface area contributed by atoms with Crippen molar-refractivity contribution in [2.75, 3.05) is 11.1 Å². The van der Waals surface area contributed by atoms with Crippen LogP contribution in [0.1, 0.15) is 10.4 Å². The lowest BCUT2D eigenvalue weighted by Crippen LogP contribution is -2.05. The number of carbonyl (C=O) groups is 1. The Morgan fingerprint density at radius 2 is 2.05 bits per heavy atom. The quantitative estimate of drug-likeness (QED) is 0.749. The van der Waals surface area contributed by atoms with E-state index in [4.69, 9.17) is 10.8 Å². The zero-order valence-electron chi connectivity index (χ0n) is 9.52. The highest BCUT2D eigenvalue weighted by Gasteiger charge is 2.10. The SMILES string of the molecule is Nc1cnc(Nc2cc(Br)ccc2Br)cc1C(=O)O. The number of hydrogen-bond acceptors (Lipinski definition) is 4. The van der Waals surface area contributed by atoms with E-state index in [0.717, 1.165) is 14.6 Å². The first-order valence-electron chi connectivity index (χ1n) is 5.18. The maximum Gasteiger partial charge on any atom is 0.337 e. The standard InChI is InChI=1S/C12H9Br2N3O2/c13-6-1-2-8(14)10(3-6)17-11-4-7(12(18)19)9(15)5-16-11/h1-5H,15H2,(H,16,17)(H,18,19). The molecular weight excluding hydrogens is 378 g/mol. The Bertz CT molecular complexity index is 647. The number of pyridine rings is 1. The topological polar surface area (TPSA) is 88.2 Å². The smallest absolute Gasteiger partial charge is 0.337 e. The molecule has 7 heteroatoms. The minimum absolute atomic E-state index is 0.0172. The van der Waals surface area contributed by atoms with Gasteiger partial charge in [-0.25, -0.2) is 9.78 Å². The molecule has 0 atom stereocenters. The highest BCUT2D eigenvalue weighted by molar-refractivity contribution is 9.11. The summed E-state index contributed by atoms with van der Waals surface area (Å²) >= 11 is 6.76. The van der Waals surface area contributed by atoms with Crippen molar-refractivity contribution in [3.05, 3.63) is 45.0 Å². The maximum atomic E-state index is 11.0. The van der Waals surface area contributed by atoms with Crippen molar-refractivity contribution in [2.45, 2.75) is 0 Å². The Morgan fingerprint density at radius 3 is 2.74 bits per heavy atom. The number of nitrogens with one attached hydrogen (secondary N) is 1. The zero-order chi connectivity index (χ0) is 14.0. The van der Waals surface area contributed by atoms with Crippen LogP contribution in [0.5, 0.6) is 0 Å². The zero-order valence-corrected chi connectivity index (χ0v) is 12.7. The van der Waals surface area contributed by atoms with Gasteiger partial charge in [0.25, 0.3) is 0 Å². The molecule has 0 saturated carbocycles. The van der Waals surface area contributed by atoms with Crippen LogP contribution in [-0.4, -0.2) is 16.1 Å². The molecule has 4 N–H and O–H groups in total. The van der Waals surface area contributed by atoms with E-state index < -0.39 is 5.97 Å². The van der Waals surface area contributed by atoms with Crippen molar-refractivity contribution in [1.29, 1.82) is 0 Å². The molecule has 98 valence electrons. The number of nitrogens with two attached hydrogens (primary N) is 1. The average molecular weight is 387 g/mol. The molecule has 19 heavy (non-hydrogen) atoms. The van der Waals surface area contributed by atoms with E-state index in [9.17, 15) is 4.79 Å². The van der Waals surface area contributed by atoms with Crippen molar-refractivity contribution in [3.8, 4) is 0 Å². The molecule has 5 nitrogen and oxygen atoms in total. The van der Waals surface area contributed by atoms with Crippen LogP contribution in [0.15, 0.2) is 39.4 Å². The third kappa shape index (κ3) is 3.24. The fourth-order valence-electron chi connectivity index (χ4n) is 1.45. The number of rotatable bonds is 3. The molecule has 0 spiro atoms. The minimum atomic E-state index is -1.09. The lowest BCUT2D eigenvalue weighted by Gasteiger charge is -2.09. The summed E-state index contributed by atoms with van der Waals surface area (Å²) < 4.78 is 1.73. The molecule has 0 bridgehead atoms. The van der Waals surface area contributed by atoms with Gasteiger partial charge in [-0.3, -0.25) is 0 Å². The van der Waals surface area contributed by atoms with Crippen LogP contribution < -0.4 is 11.1 Å². The first-order chi connectivity index (χ1) is 8.97. The summed E-state index contributed by atoms with van der Waals surface area (Å²) in [6, 6.07) is 6.99. The monoisotopic (exact) mass is 385 g/mol. The number of benzene rings is 1. The predicted molar refractivity (Wildman–Crippen MR) is 80.7 cm³/mol. The van der Waals surface area contributed by atoms with Gasteiger partial charge in [0.05, 0.1) is 23.1 Å². The number of aromatic carboxylic acids is 1. The molecule has 1 heterocycles. The lowest BCUT2D eigenvalue weighted by atomic mass is 10.2. The number of aromatic nitrogens is 1. The molecule has 0 unspecified atom stereocenters. The van der Waals surface area contributed by atoms with Gasteiger partial charge in [-0.2, -0.15) is 0 Å². The first kappa shape index (κ1) is 13.8. The van der Waals surface area contributed by atoms with Gasteiger partial charge in [0.1, 0.15) is 5.82 Å². The number of carboxylic acid groups (broad SMARTS) is 1. The molecule has 0 fully saturated rings. The van der Waals surface area contributed by atoms with Crippen molar-refractivity contribution in [2.24, 2.45) is 0 Å². The van der Waals surface area contributed by atoms with Crippen molar-refractivity contribution in [3.63, 3.8) is 0 Å². The second kappa shape index (κ2) is 5.58. The highest BCUT2D eigenvalue weighted by atomic mass is 79.9. The number of nitrogens with zero attached hydrogens (tertiary/aromatic N) is 1. The molecule has 2 aromatic rings. The summed E-state index contributed by atoms with van der Waals surface area (Å²) in [7, 11) is 0. The third-order valence-corrected chi connectivity index (χ3v) is 3.54. The molecule has 0 radical (unpaired) electrons. The maximum absolute atomic E-state index is 11.0.